The van der Waals surface area contributed by atoms with Crippen LogP contribution in [0, 0.1) is 5.92 Å². The van der Waals surface area contributed by atoms with Crippen molar-refractivity contribution in [3.8, 4) is 0 Å². The van der Waals surface area contributed by atoms with Gasteiger partial charge in [0, 0.05) is 18.1 Å². The van der Waals surface area contributed by atoms with Gasteiger partial charge in [-0.25, -0.2) is 8.42 Å². The van der Waals surface area contributed by atoms with E-state index in [4.69, 9.17) is 0 Å². The van der Waals surface area contributed by atoms with Crippen molar-refractivity contribution in [1.82, 2.24) is 5.32 Å². The smallest absolute Gasteiger partial charge is 0.147 e. The lowest BCUT2D eigenvalue weighted by molar-refractivity contribution is 0.386. The fourth-order valence-corrected chi connectivity index (χ4v) is 3.31. The Morgan fingerprint density at radius 1 is 1.31 bits per heavy atom. The van der Waals surface area contributed by atoms with Crippen molar-refractivity contribution < 1.29 is 8.42 Å². The average molecular weight is 247 g/mol. The van der Waals surface area contributed by atoms with Crippen molar-refractivity contribution in [1.29, 1.82) is 0 Å². The molecule has 0 aromatic carbocycles. The van der Waals surface area contributed by atoms with E-state index in [-0.39, 0.29) is 0 Å². The predicted molar refractivity (Wildman–Crippen MR) is 68.4 cm³/mol. The number of hydrogen-bond donors (Lipinski definition) is 1. The van der Waals surface area contributed by atoms with Crippen LogP contribution in [0.2, 0.25) is 0 Å². The highest BCUT2D eigenvalue weighted by molar-refractivity contribution is 7.90. The van der Waals surface area contributed by atoms with Crippen LogP contribution in [-0.4, -0.2) is 33.5 Å². The molecular weight excluding hydrogens is 222 g/mol. The van der Waals surface area contributed by atoms with E-state index >= 15 is 0 Å². The van der Waals surface area contributed by atoms with Crippen LogP contribution in [0.4, 0.5) is 0 Å². The van der Waals surface area contributed by atoms with Crippen molar-refractivity contribution in [2.45, 2.75) is 51.0 Å². The Balaban J connectivity index is 2.20. The molecule has 0 spiro atoms. The molecule has 0 bridgehead atoms. The Morgan fingerprint density at radius 3 is 2.44 bits per heavy atom. The molecule has 1 fully saturated rings. The maximum atomic E-state index is 11.0. The van der Waals surface area contributed by atoms with E-state index in [9.17, 15) is 8.42 Å². The van der Waals surface area contributed by atoms with E-state index in [1.807, 2.05) is 7.05 Å². The molecule has 0 saturated heterocycles. The molecule has 4 heteroatoms. The first kappa shape index (κ1) is 14.0. The molecule has 0 aromatic rings. The molecule has 1 rings (SSSR count). The highest BCUT2D eigenvalue weighted by Crippen LogP contribution is 2.29. The summed E-state index contributed by atoms with van der Waals surface area (Å²) in [4.78, 5) is 0. The molecule has 16 heavy (non-hydrogen) atoms. The number of hydrogen-bond acceptors (Lipinski definition) is 3. The zero-order chi connectivity index (χ0) is 12.0. The largest absolute Gasteiger partial charge is 0.317 e. The molecule has 1 N–H and O–H groups in total. The predicted octanol–water partition coefficient (Wildman–Crippen LogP) is 1.98. The summed E-state index contributed by atoms with van der Waals surface area (Å²) in [6.07, 6.45) is 9.80. The van der Waals surface area contributed by atoms with Gasteiger partial charge in [-0.15, -0.1) is 0 Å². The molecule has 1 aliphatic rings. The van der Waals surface area contributed by atoms with E-state index in [1.54, 1.807) is 0 Å². The Labute approximate surface area is 99.9 Å². The summed E-state index contributed by atoms with van der Waals surface area (Å²) in [5.74, 6) is 1.20. The van der Waals surface area contributed by atoms with Crippen molar-refractivity contribution >= 4 is 9.84 Å². The molecule has 0 aromatic heterocycles. The monoisotopic (exact) mass is 247 g/mol. The zero-order valence-corrected chi connectivity index (χ0v) is 11.4. The average Bonchev–Trinajstić information content (AvgIpc) is 2.67. The molecule has 0 amide bonds. The maximum absolute atomic E-state index is 11.0. The maximum Gasteiger partial charge on any atom is 0.147 e. The van der Waals surface area contributed by atoms with Gasteiger partial charge in [-0.05, 0) is 32.2 Å². The summed E-state index contributed by atoms with van der Waals surface area (Å²) >= 11 is 0. The molecule has 0 heterocycles. The normalized spacial score (nSPS) is 20.1. The highest BCUT2D eigenvalue weighted by atomic mass is 32.2. The first-order chi connectivity index (χ1) is 7.51. The zero-order valence-electron chi connectivity index (χ0n) is 10.5. The van der Waals surface area contributed by atoms with Crippen LogP contribution in [0.1, 0.15) is 44.9 Å². The summed E-state index contributed by atoms with van der Waals surface area (Å²) in [6.45, 7) is 0. The molecule has 3 nitrogen and oxygen atoms in total. The van der Waals surface area contributed by atoms with Crippen LogP contribution < -0.4 is 5.32 Å². The second-order valence-electron chi connectivity index (χ2n) is 5.14. The van der Waals surface area contributed by atoms with Crippen molar-refractivity contribution in [2.75, 3.05) is 19.1 Å². The van der Waals surface area contributed by atoms with Crippen molar-refractivity contribution in [3.63, 3.8) is 0 Å². The van der Waals surface area contributed by atoms with Gasteiger partial charge in [0.1, 0.15) is 9.84 Å². The first-order valence-electron chi connectivity index (χ1n) is 6.36. The summed E-state index contributed by atoms with van der Waals surface area (Å²) in [6, 6.07) is 0.504. The van der Waals surface area contributed by atoms with Crippen LogP contribution in [0.15, 0.2) is 0 Å². The second-order valence-corrected chi connectivity index (χ2v) is 7.40. The highest BCUT2D eigenvalue weighted by Gasteiger charge is 2.19. The fraction of sp³-hybridized carbons (Fsp3) is 1.00. The van der Waals surface area contributed by atoms with Gasteiger partial charge >= 0.3 is 0 Å². The van der Waals surface area contributed by atoms with Gasteiger partial charge in [-0.1, -0.05) is 25.7 Å². The Morgan fingerprint density at radius 2 is 1.94 bits per heavy atom. The third kappa shape index (κ3) is 5.85. The summed E-state index contributed by atoms with van der Waals surface area (Å²) < 4.78 is 22.1. The Kier molecular flexibility index (Phi) is 5.76. The van der Waals surface area contributed by atoms with Gasteiger partial charge < -0.3 is 5.32 Å². The van der Waals surface area contributed by atoms with E-state index in [1.165, 1.54) is 38.4 Å². The topological polar surface area (TPSA) is 46.2 Å². The fourth-order valence-electron chi connectivity index (χ4n) is 2.62. The Bertz CT molecular complexity index is 281. The lowest BCUT2D eigenvalue weighted by Crippen LogP contribution is -2.28. The quantitative estimate of drug-likeness (QED) is 0.748. The lowest BCUT2D eigenvalue weighted by Gasteiger charge is -2.19. The van der Waals surface area contributed by atoms with Gasteiger partial charge in [0.2, 0.25) is 0 Å². The first-order valence-corrected chi connectivity index (χ1v) is 8.42. The molecule has 0 radical (unpaired) electrons. The molecule has 96 valence electrons. The minimum absolute atomic E-state index is 0.329. The van der Waals surface area contributed by atoms with Crippen molar-refractivity contribution in [3.05, 3.63) is 0 Å². The Hall–Kier alpha value is -0.0900. The van der Waals surface area contributed by atoms with Crippen LogP contribution in [0.25, 0.3) is 0 Å². The summed E-state index contributed by atoms with van der Waals surface area (Å²) in [5, 5.41) is 3.32. The number of rotatable bonds is 7. The number of nitrogens with one attached hydrogen (secondary N) is 1. The van der Waals surface area contributed by atoms with Crippen LogP contribution in [-0.2, 0) is 9.84 Å². The van der Waals surface area contributed by atoms with Crippen molar-refractivity contribution in [2.24, 2.45) is 5.92 Å². The minimum atomic E-state index is -2.78. The lowest BCUT2D eigenvalue weighted by atomic mass is 9.96. The van der Waals surface area contributed by atoms with Crippen LogP contribution in [0.5, 0.6) is 0 Å². The minimum Gasteiger partial charge on any atom is -0.317 e. The third-order valence-electron chi connectivity index (χ3n) is 3.57. The summed E-state index contributed by atoms with van der Waals surface area (Å²) in [5.41, 5.74) is 0. The molecular formula is C12H25NO2S. The standard InChI is InChI=1S/C12H25NO2S/c1-13-12(8-5-9-16(2,14)15)10-11-6-3-4-7-11/h11-13H,3-10H2,1-2H3. The van der Waals surface area contributed by atoms with E-state index in [0.717, 1.165) is 18.8 Å². The number of sulfone groups is 1. The molecule has 1 atom stereocenters. The van der Waals surface area contributed by atoms with E-state index in [0.29, 0.717) is 11.8 Å². The van der Waals surface area contributed by atoms with Crippen LogP contribution >= 0.6 is 0 Å². The van der Waals surface area contributed by atoms with Gasteiger partial charge in [0.05, 0.1) is 0 Å². The van der Waals surface area contributed by atoms with Crippen LogP contribution in [0.3, 0.4) is 0 Å². The third-order valence-corrected chi connectivity index (χ3v) is 4.60. The van der Waals surface area contributed by atoms with E-state index in [2.05, 4.69) is 5.32 Å². The van der Waals surface area contributed by atoms with Gasteiger partial charge in [-0.3, -0.25) is 0 Å². The molecule has 0 aliphatic heterocycles. The molecule has 1 saturated carbocycles. The molecule has 1 unspecified atom stereocenters. The van der Waals surface area contributed by atoms with Gasteiger partial charge in [0.25, 0.3) is 0 Å². The molecule has 1 aliphatic carbocycles. The SMILES string of the molecule is CNC(CCCS(C)(=O)=O)CC1CCCC1. The van der Waals surface area contributed by atoms with E-state index < -0.39 is 9.84 Å². The van der Waals surface area contributed by atoms with Gasteiger partial charge in [-0.2, -0.15) is 0 Å². The van der Waals surface area contributed by atoms with Gasteiger partial charge in [0.15, 0.2) is 0 Å². The second kappa shape index (κ2) is 6.60. The summed E-state index contributed by atoms with van der Waals surface area (Å²) in [7, 11) is -0.797.